The minimum absolute atomic E-state index is 0.178. The number of phosphoric ester groups is 2. The van der Waals surface area contributed by atoms with E-state index < -0.39 is 117 Å². The van der Waals surface area contributed by atoms with Crippen molar-refractivity contribution in [1.29, 1.82) is 0 Å². The smallest absolute Gasteiger partial charge is 0.387 e. The zero-order chi connectivity index (χ0) is 40.8. The molecule has 9 N–H and O–H groups in total. The Hall–Kier alpha value is -3.10. The van der Waals surface area contributed by atoms with Crippen LogP contribution in [0.1, 0.15) is 24.3 Å². The molecule has 31 heteroatoms. The van der Waals surface area contributed by atoms with Crippen LogP contribution < -0.4 is 22.7 Å². The molecule has 0 amide bonds. The van der Waals surface area contributed by atoms with Gasteiger partial charge in [-0.1, -0.05) is 30.3 Å². The number of aromatic amines is 1. The third kappa shape index (κ3) is 9.94. The number of fused-ring (bicyclic) bond motifs is 1. The van der Waals surface area contributed by atoms with Crippen LogP contribution in [0.25, 0.3) is 0 Å². The topological polar surface area (TPSA) is 388 Å². The van der Waals surface area contributed by atoms with Crippen LogP contribution in [0, 0.1) is 0 Å². The molecule has 27 nitrogen and oxygen atoms in total. The first-order valence-corrected chi connectivity index (χ1v) is 21.5. The molecule has 56 heavy (non-hydrogen) atoms. The summed E-state index contributed by atoms with van der Waals surface area (Å²) in [6.07, 6.45) is -10.8. The maximum atomic E-state index is 12.7. The van der Waals surface area contributed by atoms with Crippen molar-refractivity contribution in [3.8, 4) is 0 Å². The average Bonchev–Trinajstić information content (AvgIpc) is 3.74. The number of anilines is 1. The second-order valence-corrected chi connectivity index (χ2v) is 18.1. The van der Waals surface area contributed by atoms with Crippen molar-refractivity contribution in [2.75, 3.05) is 18.9 Å². The SMILES string of the molecule is Nc1ccn([C@@H]2O[C@H](COP(=O)(O)OP(=O)(O)OP(=O)(O)OP(=O)(O)OC[C@H]3O[C@@H](n4ccc(=O)[nH]c4=O)[C@@H]4OC(c5ccccc5)O[C@@H]43)[C@@H](O)[C@H]2O)c(=O)n1. The summed E-state index contributed by atoms with van der Waals surface area (Å²) in [4.78, 5) is 81.8. The van der Waals surface area contributed by atoms with Gasteiger partial charge in [-0.25, -0.2) is 27.8 Å². The van der Waals surface area contributed by atoms with E-state index in [1.165, 1.54) is 0 Å². The van der Waals surface area contributed by atoms with Crippen LogP contribution in [0.2, 0.25) is 0 Å². The molecule has 3 saturated heterocycles. The van der Waals surface area contributed by atoms with E-state index in [0.717, 1.165) is 33.7 Å². The number of nitrogen functional groups attached to an aromatic ring is 1. The number of phosphoric acid groups is 4. The van der Waals surface area contributed by atoms with E-state index in [2.05, 4.69) is 22.4 Å². The Balaban J connectivity index is 1.05. The molecule has 3 aliphatic rings. The van der Waals surface area contributed by atoms with Crippen LogP contribution >= 0.6 is 31.3 Å². The first-order chi connectivity index (χ1) is 26.1. The van der Waals surface area contributed by atoms with Crippen molar-refractivity contribution in [2.24, 2.45) is 0 Å². The molecule has 3 fully saturated rings. The lowest BCUT2D eigenvalue weighted by Crippen LogP contribution is -2.36. The molecule has 1 aromatic carbocycles. The number of aliphatic hydroxyl groups excluding tert-OH is 2. The highest BCUT2D eigenvalue weighted by Gasteiger charge is 2.55. The molecule has 2 aromatic heterocycles. The highest BCUT2D eigenvalue weighted by molar-refractivity contribution is 7.69. The molecule has 3 aliphatic heterocycles. The van der Waals surface area contributed by atoms with Crippen LogP contribution in [-0.2, 0) is 59.2 Å². The van der Waals surface area contributed by atoms with Crippen molar-refractivity contribution < 1.29 is 89.0 Å². The standard InChI is InChI=1S/C25H31N5O22P4/c26-15-6-8-29(24(34)27-15)21-18(33)17(32)13(46-21)10-44-53(36,37)50-55(40,41)52-56(42,43)51-54(38,39)45-11-14-19-20(49-23(48-19)12-4-2-1-3-5-12)22(47-14)30-9-7-16(31)28-25(30)35/h1-9,13-14,17-23,32-33H,10-11H2,(H,36,37)(H,38,39)(H,40,41)(H,42,43)(H2,26,27,34)(H,28,31,35)/t13-,14-,17-,18-,19-,20-,21-,22-,23?/m1/s1. The van der Waals surface area contributed by atoms with Crippen LogP contribution in [-0.4, -0.2) is 98.7 Å². The highest BCUT2D eigenvalue weighted by Crippen LogP contribution is 2.71. The van der Waals surface area contributed by atoms with E-state index in [1.54, 1.807) is 30.3 Å². The van der Waals surface area contributed by atoms with Gasteiger partial charge in [-0.3, -0.25) is 28.0 Å². The third-order valence-electron chi connectivity index (χ3n) is 7.93. The molecule has 0 radical (unpaired) electrons. The van der Waals surface area contributed by atoms with Gasteiger partial charge in [0.05, 0.1) is 13.2 Å². The minimum Gasteiger partial charge on any atom is -0.387 e. The molecule has 5 heterocycles. The molecule has 0 saturated carbocycles. The van der Waals surface area contributed by atoms with Gasteiger partial charge in [0.15, 0.2) is 18.7 Å². The Morgan fingerprint density at radius 1 is 0.696 bits per heavy atom. The highest BCUT2D eigenvalue weighted by atomic mass is 31.3. The second-order valence-electron chi connectivity index (χ2n) is 11.8. The number of nitrogens with one attached hydrogen (secondary N) is 1. The Kier molecular flexibility index (Phi) is 12.4. The number of hydrogen-bond acceptors (Lipinski definition) is 20. The Labute approximate surface area is 311 Å². The maximum absolute atomic E-state index is 12.7. The summed E-state index contributed by atoms with van der Waals surface area (Å²) in [5, 5.41) is 20.6. The molecule has 6 rings (SSSR count). The van der Waals surface area contributed by atoms with Gasteiger partial charge >= 0.3 is 42.7 Å². The lowest BCUT2D eigenvalue weighted by Gasteiger charge is -2.23. The largest absolute Gasteiger partial charge is 0.490 e. The minimum atomic E-state index is -6.22. The van der Waals surface area contributed by atoms with E-state index in [9.17, 15) is 62.4 Å². The first kappa shape index (κ1) is 42.5. The summed E-state index contributed by atoms with van der Waals surface area (Å²) < 4.78 is 95.6. The van der Waals surface area contributed by atoms with Crippen molar-refractivity contribution in [2.45, 2.75) is 55.4 Å². The van der Waals surface area contributed by atoms with Gasteiger partial charge in [0.25, 0.3) is 5.56 Å². The summed E-state index contributed by atoms with van der Waals surface area (Å²) in [6.45, 7) is -2.16. The maximum Gasteiger partial charge on any atom is 0.490 e. The van der Waals surface area contributed by atoms with Crippen LogP contribution in [0.4, 0.5) is 5.82 Å². The number of aromatic nitrogens is 4. The fourth-order valence-corrected chi connectivity index (χ4v) is 10.6. The summed E-state index contributed by atoms with van der Waals surface area (Å²) >= 11 is 0. The fraction of sp³-hybridized carbons (Fsp3) is 0.440. The van der Waals surface area contributed by atoms with Crippen LogP contribution in [0.15, 0.2) is 69.2 Å². The van der Waals surface area contributed by atoms with Gasteiger partial charge in [0.2, 0.25) is 0 Å². The zero-order valence-electron chi connectivity index (χ0n) is 27.7. The molecule has 5 unspecified atom stereocenters. The van der Waals surface area contributed by atoms with Gasteiger partial charge in [0.1, 0.15) is 42.4 Å². The fourth-order valence-electron chi connectivity index (χ4n) is 5.61. The van der Waals surface area contributed by atoms with Crippen LogP contribution in [0.3, 0.4) is 0 Å². The molecular formula is C25H31N5O22P4. The van der Waals surface area contributed by atoms with Crippen LogP contribution in [0.5, 0.6) is 0 Å². The lowest BCUT2D eigenvalue weighted by molar-refractivity contribution is -0.154. The summed E-state index contributed by atoms with van der Waals surface area (Å²) in [5.41, 5.74) is 3.28. The monoisotopic (exact) mass is 877 g/mol. The Bertz CT molecular complexity index is 2290. The van der Waals surface area contributed by atoms with Gasteiger partial charge in [-0.15, -0.1) is 0 Å². The Morgan fingerprint density at radius 2 is 1.25 bits per heavy atom. The molecule has 13 atom stereocenters. The van der Waals surface area contributed by atoms with Gasteiger partial charge in [-0.05, 0) is 6.07 Å². The first-order valence-electron chi connectivity index (χ1n) is 15.6. The number of rotatable bonds is 15. The van der Waals surface area contributed by atoms with E-state index in [0.29, 0.717) is 5.56 Å². The number of hydrogen-bond donors (Lipinski definition) is 8. The third-order valence-corrected chi connectivity index (χ3v) is 13.8. The quantitative estimate of drug-likeness (QED) is 0.0836. The van der Waals surface area contributed by atoms with E-state index >= 15 is 0 Å². The lowest BCUT2D eigenvalue weighted by atomic mass is 10.1. The molecule has 3 aromatic rings. The van der Waals surface area contributed by atoms with Gasteiger partial charge < -0.3 is 54.5 Å². The Morgan fingerprint density at radius 3 is 1.86 bits per heavy atom. The number of H-pyrrole nitrogens is 1. The van der Waals surface area contributed by atoms with Crippen molar-refractivity contribution in [1.82, 2.24) is 19.1 Å². The molecule has 0 bridgehead atoms. The number of aliphatic hydroxyl groups is 2. The van der Waals surface area contributed by atoms with E-state index in [-0.39, 0.29) is 5.82 Å². The summed E-state index contributed by atoms with van der Waals surface area (Å²) in [5.74, 6) is -0.178. The number of nitrogens with two attached hydrogens (primary N) is 1. The number of benzene rings is 1. The number of nitrogens with zero attached hydrogens (tertiary/aromatic N) is 3. The number of ether oxygens (including phenoxy) is 4. The van der Waals surface area contributed by atoms with Crippen molar-refractivity contribution in [3.63, 3.8) is 0 Å². The second kappa shape index (κ2) is 16.3. The molecule has 0 spiro atoms. The van der Waals surface area contributed by atoms with Gasteiger partial charge in [0, 0.05) is 24.0 Å². The normalized spacial score (nSPS) is 31.9. The summed E-state index contributed by atoms with van der Waals surface area (Å²) in [6, 6.07) is 10.5. The average molecular weight is 877 g/mol. The van der Waals surface area contributed by atoms with Crippen molar-refractivity contribution >= 4 is 37.1 Å². The van der Waals surface area contributed by atoms with Gasteiger partial charge in [-0.2, -0.15) is 17.9 Å². The summed E-state index contributed by atoms with van der Waals surface area (Å²) in [7, 11) is -24.0. The predicted molar refractivity (Wildman–Crippen MR) is 177 cm³/mol. The van der Waals surface area contributed by atoms with Crippen molar-refractivity contribution in [3.05, 3.63) is 91.7 Å². The molecular weight excluding hydrogens is 846 g/mol. The predicted octanol–water partition coefficient (Wildman–Crippen LogP) is -1.14. The molecule has 0 aliphatic carbocycles. The molecule has 308 valence electrons. The van der Waals surface area contributed by atoms with E-state index in [4.69, 9.17) is 29.2 Å². The van der Waals surface area contributed by atoms with E-state index in [1.807, 2.05) is 4.98 Å². The zero-order valence-corrected chi connectivity index (χ0v) is 31.3.